The lowest BCUT2D eigenvalue weighted by molar-refractivity contribution is 0.0521. The van der Waals surface area contributed by atoms with Crippen LogP contribution in [0.1, 0.15) is 51.5 Å². The number of nitrogens with zero attached hydrogens (tertiary/aromatic N) is 1. The summed E-state index contributed by atoms with van der Waals surface area (Å²) < 4.78 is 9.99. The van der Waals surface area contributed by atoms with Gasteiger partial charge in [-0.25, -0.2) is 9.59 Å². The van der Waals surface area contributed by atoms with Crippen molar-refractivity contribution in [2.24, 2.45) is 0 Å². The quantitative estimate of drug-likeness (QED) is 0.782. The van der Waals surface area contributed by atoms with E-state index in [4.69, 9.17) is 9.47 Å². The molecule has 0 radical (unpaired) electrons. The predicted molar refractivity (Wildman–Crippen MR) is 70.4 cm³/mol. The molecular weight excluding hydrogens is 246 g/mol. The maximum atomic E-state index is 11.9. The first-order valence-corrected chi connectivity index (χ1v) is 6.26. The molecule has 0 aliphatic rings. The standard InChI is InChI=1S/C14H19NO4/c1-6-18-13(16)11-8(3)12(14(17)19-7-2)10(5)15-9(11)4/h6-7H2,1-5H3. The van der Waals surface area contributed by atoms with Gasteiger partial charge in [-0.1, -0.05) is 0 Å². The van der Waals surface area contributed by atoms with E-state index >= 15 is 0 Å². The molecule has 1 heterocycles. The molecule has 0 aromatic carbocycles. The summed E-state index contributed by atoms with van der Waals surface area (Å²) in [5.74, 6) is -0.925. The Morgan fingerprint density at radius 2 is 1.26 bits per heavy atom. The molecule has 0 N–H and O–H groups in total. The second kappa shape index (κ2) is 6.31. The third-order valence-corrected chi connectivity index (χ3v) is 2.77. The zero-order chi connectivity index (χ0) is 14.6. The summed E-state index contributed by atoms with van der Waals surface area (Å²) in [6.07, 6.45) is 0. The first kappa shape index (κ1) is 15.1. The molecule has 0 atom stereocenters. The van der Waals surface area contributed by atoms with Gasteiger partial charge in [-0.05, 0) is 40.2 Å². The van der Waals surface area contributed by atoms with Crippen molar-refractivity contribution in [3.05, 3.63) is 28.1 Å². The van der Waals surface area contributed by atoms with Crippen molar-refractivity contribution < 1.29 is 19.1 Å². The molecular formula is C14H19NO4. The van der Waals surface area contributed by atoms with Crippen LogP contribution in [-0.4, -0.2) is 30.1 Å². The first-order chi connectivity index (χ1) is 8.93. The predicted octanol–water partition coefficient (Wildman–Crippen LogP) is 2.36. The van der Waals surface area contributed by atoms with E-state index in [1.165, 1.54) is 0 Å². The molecule has 0 unspecified atom stereocenters. The van der Waals surface area contributed by atoms with E-state index in [0.29, 0.717) is 28.1 Å². The molecule has 0 spiro atoms. The van der Waals surface area contributed by atoms with Gasteiger partial charge < -0.3 is 9.47 Å². The Morgan fingerprint density at radius 3 is 1.58 bits per heavy atom. The van der Waals surface area contributed by atoms with Crippen LogP contribution in [0.15, 0.2) is 0 Å². The average Bonchev–Trinajstić information content (AvgIpc) is 2.28. The van der Waals surface area contributed by atoms with Gasteiger partial charge in [0.05, 0.1) is 35.7 Å². The molecule has 19 heavy (non-hydrogen) atoms. The number of pyridine rings is 1. The Hall–Kier alpha value is -1.91. The van der Waals surface area contributed by atoms with Crippen LogP contribution in [0.3, 0.4) is 0 Å². The van der Waals surface area contributed by atoms with Crippen molar-refractivity contribution >= 4 is 11.9 Å². The summed E-state index contributed by atoms with van der Waals surface area (Å²) in [6, 6.07) is 0. The molecule has 1 aromatic heterocycles. The minimum absolute atomic E-state index is 0.278. The normalized spacial score (nSPS) is 10.2. The van der Waals surface area contributed by atoms with Crippen molar-refractivity contribution in [2.75, 3.05) is 13.2 Å². The lowest BCUT2D eigenvalue weighted by Gasteiger charge is -2.14. The van der Waals surface area contributed by atoms with Gasteiger partial charge in [0.2, 0.25) is 0 Å². The third kappa shape index (κ3) is 3.10. The Morgan fingerprint density at radius 1 is 0.895 bits per heavy atom. The number of hydrogen-bond acceptors (Lipinski definition) is 5. The minimum atomic E-state index is -0.462. The van der Waals surface area contributed by atoms with Crippen LogP contribution >= 0.6 is 0 Å². The van der Waals surface area contributed by atoms with Crippen LogP contribution in [0, 0.1) is 20.8 Å². The minimum Gasteiger partial charge on any atom is -0.462 e. The molecule has 5 nitrogen and oxygen atoms in total. The van der Waals surface area contributed by atoms with Crippen molar-refractivity contribution in [3.8, 4) is 0 Å². The highest BCUT2D eigenvalue weighted by atomic mass is 16.5. The highest BCUT2D eigenvalue weighted by Gasteiger charge is 2.23. The second-order valence-electron chi connectivity index (χ2n) is 4.10. The summed E-state index contributed by atoms with van der Waals surface area (Å²) in [5, 5.41) is 0. The van der Waals surface area contributed by atoms with Gasteiger partial charge in [-0.15, -0.1) is 0 Å². The summed E-state index contributed by atoms with van der Waals surface area (Å²) in [7, 11) is 0. The fraction of sp³-hybridized carbons (Fsp3) is 0.500. The maximum Gasteiger partial charge on any atom is 0.340 e. The molecule has 0 fully saturated rings. The largest absolute Gasteiger partial charge is 0.462 e. The summed E-state index contributed by atoms with van der Waals surface area (Å²) in [5.41, 5.74) is 2.36. The molecule has 5 heteroatoms. The number of carbonyl (C=O) groups is 2. The van der Waals surface area contributed by atoms with E-state index in [2.05, 4.69) is 4.98 Å². The van der Waals surface area contributed by atoms with Gasteiger partial charge in [0.25, 0.3) is 0 Å². The Balaban J connectivity index is 3.38. The van der Waals surface area contributed by atoms with Gasteiger partial charge in [-0.2, -0.15) is 0 Å². The first-order valence-electron chi connectivity index (χ1n) is 6.26. The van der Waals surface area contributed by atoms with Crippen LogP contribution in [-0.2, 0) is 9.47 Å². The number of hydrogen-bond donors (Lipinski definition) is 0. The number of ether oxygens (including phenoxy) is 2. The van der Waals surface area contributed by atoms with Crippen molar-refractivity contribution in [1.29, 1.82) is 0 Å². The number of aromatic nitrogens is 1. The Bertz CT molecular complexity index is 466. The maximum absolute atomic E-state index is 11.9. The van der Waals surface area contributed by atoms with Gasteiger partial charge in [0.15, 0.2) is 0 Å². The fourth-order valence-corrected chi connectivity index (χ4v) is 2.04. The van der Waals surface area contributed by atoms with Crippen LogP contribution < -0.4 is 0 Å². The smallest absolute Gasteiger partial charge is 0.340 e. The lowest BCUT2D eigenvalue weighted by Crippen LogP contribution is -2.17. The SMILES string of the molecule is CCOC(=O)c1c(C)nc(C)c(C(=O)OCC)c1C. The van der Waals surface area contributed by atoms with Gasteiger partial charge in [-0.3, -0.25) is 4.98 Å². The summed E-state index contributed by atoms with van der Waals surface area (Å²) >= 11 is 0. The average molecular weight is 265 g/mol. The molecule has 0 aliphatic heterocycles. The molecule has 104 valence electrons. The molecule has 0 bridgehead atoms. The highest BCUT2D eigenvalue weighted by molar-refractivity contribution is 5.99. The fourth-order valence-electron chi connectivity index (χ4n) is 2.04. The third-order valence-electron chi connectivity index (χ3n) is 2.77. The van der Waals surface area contributed by atoms with E-state index in [0.717, 1.165) is 0 Å². The molecule has 0 saturated carbocycles. The molecule has 0 amide bonds. The monoisotopic (exact) mass is 265 g/mol. The zero-order valence-electron chi connectivity index (χ0n) is 12.0. The van der Waals surface area contributed by atoms with E-state index in [1.54, 1.807) is 34.6 Å². The van der Waals surface area contributed by atoms with Crippen LogP contribution in [0.2, 0.25) is 0 Å². The lowest BCUT2D eigenvalue weighted by atomic mass is 10.00. The van der Waals surface area contributed by atoms with Crippen LogP contribution in [0.5, 0.6) is 0 Å². The van der Waals surface area contributed by atoms with Gasteiger partial charge in [0, 0.05) is 0 Å². The molecule has 1 rings (SSSR count). The number of esters is 2. The molecule has 0 aliphatic carbocycles. The van der Waals surface area contributed by atoms with Crippen LogP contribution in [0.4, 0.5) is 0 Å². The van der Waals surface area contributed by atoms with Gasteiger partial charge in [0.1, 0.15) is 0 Å². The van der Waals surface area contributed by atoms with Crippen molar-refractivity contribution in [1.82, 2.24) is 4.98 Å². The molecule has 1 aromatic rings. The topological polar surface area (TPSA) is 65.5 Å². The van der Waals surface area contributed by atoms with E-state index in [-0.39, 0.29) is 13.2 Å². The van der Waals surface area contributed by atoms with E-state index < -0.39 is 11.9 Å². The highest BCUT2D eigenvalue weighted by Crippen LogP contribution is 2.21. The summed E-state index contributed by atoms with van der Waals surface area (Å²) in [4.78, 5) is 28.1. The van der Waals surface area contributed by atoms with Gasteiger partial charge >= 0.3 is 11.9 Å². The Labute approximate surface area is 112 Å². The van der Waals surface area contributed by atoms with Crippen molar-refractivity contribution in [3.63, 3.8) is 0 Å². The summed E-state index contributed by atoms with van der Waals surface area (Å²) in [6.45, 7) is 9.18. The zero-order valence-corrected chi connectivity index (χ0v) is 12.0. The number of aryl methyl sites for hydroxylation is 2. The number of rotatable bonds is 4. The van der Waals surface area contributed by atoms with E-state index in [9.17, 15) is 9.59 Å². The second-order valence-corrected chi connectivity index (χ2v) is 4.10. The van der Waals surface area contributed by atoms with Crippen LogP contribution in [0.25, 0.3) is 0 Å². The van der Waals surface area contributed by atoms with E-state index in [1.807, 2.05) is 0 Å². The Kier molecular flexibility index (Phi) is 5.03. The van der Waals surface area contributed by atoms with Crippen molar-refractivity contribution in [2.45, 2.75) is 34.6 Å². The molecule has 0 saturated heterocycles. The number of carbonyl (C=O) groups excluding carboxylic acids is 2.